The summed E-state index contributed by atoms with van der Waals surface area (Å²) in [5.41, 5.74) is 8.84. The van der Waals surface area contributed by atoms with Gasteiger partial charge in [0.1, 0.15) is 5.75 Å². The molecule has 6 nitrogen and oxygen atoms in total. The van der Waals surface area contributed by atoms with Crippen molar-refractivity contribution in [2.45, 2.75) is 20.3 Å². The lowest BCUT2D eigenvalue weighted by atomic mass is 10.2. The number of hydrogen-bond donors (Lipinski definition) is 3. The molecule has 0 saturated heterocycles. The number of nitrogens with zero attached hydrogens (tertiary/aromatic N) is 1. The summed E-state index contributed by atoms with van der Waals surface area (Å²) in [6, 6.07) is 5.54. The largest absolute Gasteiger partial charge is 0.495 e. The quantitative estimate of drug-likeness (QED) is 0.796. The normalized spacial score (nSPS) is 10.3. The fourth-order valence-corrected chi connectivity index (χ4v) is 1.93. The lowest BCUT2D eigenvalue weighted by molar-refractivity contribution is 0.102. The molecule has 106 valence electrons. The molecule has 0 unspecified atom stereocenters. The summed E-state index contributed by atoms with van der Waals surface area (Å²) >= 11 is 0. The second-order valence-corrected chi connectivity index (χ2v) is 4.48. The Labute approximate surface area is 117 Å². The van der Waals surface area contributed by atoms with E-state index in [1.54, 1.807) is 13.2 Å². The number of amides is 1. The van der Waals surface area contributed by atoms with Crippen molar-refractivity contribution in [1.82, 2.24) is 10.2 Å². The van der Waals surface area contributed by atoms with E-state index in [9.17, 15) is 4.79 Å². The van der Waals surface area contributed by atoms with Gasteiger partial charge >= 0.3 is 0 Å². The molecule has 2 aromatic rings. The van der Waals surface area contributed by atoms with Crippen LogP contribution in [0.15, 0.2) is 18.2 Å². The lowest BCUT2D eigenvalue weighted by Gasteiger charge is -2.10. The molecule has 20 heavy (non-hydrogen) atoms. The highest BCUT2D eigenvalue weighted by molar-refractivity contribution is 6.07. The van der Waals surface area contributed by atoms with Crippen LogP contribution in [-0.4, -0.2) is 23.2 Å². The molecule has 4 N–H and O–H groups in total. The number of carbonyl (C=O) groups is 1. The predicted molar refractivity (Wildman–Crippen MR) is 78.1 cm³/mol. The number of hydrogen-bond acceptors (Lipinski definition) is 4. The van der Waals surface area contributed by atoms with Crippen molar-refractivity contribution >= 4 is 17.3 Å². The molecule has 1 aromatic carbocycles. The van der Waals surface area contributed by atoms with E-state index in [1.165, 1.54) is 0 Å². The summed E-state index contributed by atoms with van der Waals surface area (Å²) < 4.78 is 5.22. The second-order valence-electron chi connectivity index (χ2n) is 4.48. The molecule has 0 radical (unpaired) electrons. The van der Waals surface area contributed by atoms with Crippen LogP contribution in [0.25, 0.3) is 0 Å². The SMILES string of the molecule is CCc1[nH]nc(C(=O)Nc2cc(C)ccc2OC)c1N. The first-order valence-corrected chi connectivity index (χ1v) is 6.35. The van der Waals surface area contributed by atoms with Crippen LogP contribution in [0.2, 0.25) is 0 Å². The Balaban J connectivity index is 2.27. The van der Waals surface area contributed by atoms with Gasteiger partial charge < -0.3 is 15.8 Å². The number of ether oxygens (including phenoxy) is 1. The molecule has 0 fully saturated rings. The molecule has 0 aliphatic carbocycles. The molecule has 1 heterocycles. The highest BCUT2D eigenvalue weighted by atomic mass is 16.5. The van der Waals surface area contributed by atoms with E-state index >= 15 is 0 Å². The number of rotatable bonds is 4. The van der Waals surface area contributed by atoms with Gasteiger partial charge in [-0.2, -0.15) is 5.10 Å². The predicted octanol–water partition coefficient (Wildman–Crippen LogP) is 2.12. The van der Waals surface area contributed by atoms with E-state index in [0.29, 0.717) is 23.5 Å². The van der Waals surface area contributed by atoms with Crippen molar-refractivity contribution in [2.75, 3.05) is 18.2 Å². The van der Waals surface area contributed by atoms with Crippen LogP contribution in [0.3, 0.4) is 0 Å². The van der Waals surface area contributed by atoms with Gasteiger partial charge in [0.2, 0.25) is 0 Å². The number of aromatic amines is 1. The van der Waals surface area contributed by atoms with Crippen molar-refractivity contribution in [3.63, 3.8) is 0 Å². The number of benzene rings is 1. The van der Waals surface area contributed by atoms with Crippen LogP contribution in [0, 0.1) is 6.92 Å². The number of carbonyl (C=O) groups excluding carboxylic acids is 1. The summed E-state index contributed by atoms with van der Waals surface area (Å²) in [7, 11) is 1.55. The first-order chi connectivity index (χ1) is 9.56. The molecule has 0 aliphatic heterocycles. The maximum absolute atomic E-state index is 12.2. The van der Waals surface area contributed by atoms with Crippen LogP contribution in [-0.2, 0) is 6.42 Å². The third kappa shape index (κ3) is 2.59. The Hall–Kier alpha value is -2.50. The molecule has 2 rings (SSSR count). The van der Waals surface area contributed by atoms with Crippen molar-refractivity contribution in [3.8, 4) is 5.75 Å². The van der Waals surface area contributed by atoms with Crippen LogP contribution >= 0.6 is 0 Å². The fraction of sp³-hybridized carbons (Fsp3) is 0.286. The average molecular weight is 274 g/mol. The molecule has 1 amide bonds. The molecule has 0 aliphatic rings. The van der Waals surface area contributed by atoms with Crippen molar-refractivity contribution in [1.29, 1.82) is 0 Å². The van der Waals surface area contributed by atoms with Gasteiger partial charge in [-0.1, -0.05) is 13.0 Å². The van der Waals surface area contributed by atoms with Crippen LogP contribution in [0.1, 0.15) is 28.7 Å². The van der Waals surface area contributed by atoms with Gasteiger partial charge in [-0.15, -0.1) is 0 Å². The lowest BCUT2D eigenvalue weighted by Crippen LogP contribution is -2.15. The summed E-state index contributed by atoms with van der Waals surface area (Å²) in [5, 5.41) is 9.49. The second kappa shape index (κ2) is 5.64. The third-order valence-corrected chi connectivity index (χ3v) is 3.05. The van der Waals surface area contributed by atoms with Gasteiger partial charge in [0.15, 0.2) is 5.69 Å². The maximum atomic E-state index is 12.2. The number of nitrogens with one attached hydrogen (secondary N) is 2. The van der Waals surface area contributed by atoms with Gasteiger partial charge in [-0.05, 0) is 31.0 Å². The summed E-state index contributed by atoms with van der Waals surface area (Å²) in [6.45, 7) is 3.88. The zero-order valence-electron chi connectivity index (χ0n) is 11.8. The standard InChI is InChI=1S/C14H18N4O2/c1-4-9-12(15)13(18-17-9)14(19)16-10-7-8(2)5-6-11(10)20-3/h5-7H,4,15H2,1-3H3,(H,16,19)(H,17,18). The minimum Gasteiger partial charge on any atom is -0.495 e. The molecule has 0 bridgehead atoms. The minimum atomic E-state index is -0.359. The Morgan fingerprint density at radius 2 is 2.25 bits per heavy atom. The number of aromatic nitrogens is 2. The maximum Gasteiger partial charge on any atom is 0.278 e. The first kappa shape index (κ1) is 13.9. The molecular weight excluding hydrogens is 256 g/mol. The minimum absolute atomic E-state index is 0.199. The number of nitrogens with two attached hydrogens (primary N) is 1. The van der Waals surface area contributed by atoms with Gasteiger partial charge in [-0.3, -0.25) is 9.89 Å². The van der Waals surface area contributed by atoms with Crippen LogP contribution < -0.4 is 15.8 Å². The Kier molecular flexibility index (Phi) is 3.93. The number of anilines is 2. The summed E-state index contributed by atoms with van der Waals surface area (Å²) in [4.78, 5) is 12.2. The summed E-state index contributed by atoms with van der Waals surface area (Å²) in [6.07, 6.45) is 0.694. The molecule has 0 atom stereocenters. The number of aryl methyl sites for hydroxylation is 2. The third-order valence-electron chi connectivity index (χ3n) is 3.05. The zero-order chi connectivity index (χ0) is 14.7. The zero-order valence-corrected chi connectivity index (χ0v) is 11.8. The first-order valence-electron chi connectivity index (χ1n) is 6.35. The van der Waals surface area contributed by atoms with E-state index in [1.807, 2.05) is 26.0 Å². The Morgan fingerprint density at radius 1 is 1.50 bits per heavy atom. The Bertz CT molecular complexity index is 634. The number of nitrogen functional groups attached to an aromatic ring is 1. The van der Waals surface area contributed by atoms with Gasteiger partial charge in [-0.25, -0.2) is 0 Å². The molecule has 1 aromatic heterocycles. The van der Waals surface area contributed by atoms with E-state index in [-0.39, 0.29) is 11.6 Å². The van der Waals surface area contributed by atoms with Crippen molar-refractivity contribution in [3.05, 3.63) is 35.2 Å². The highest BCUT2D eigenvalue weighted by Gasteiger charge is 2.17. The van der Waals surface area contributed by atoms with E-state index in [2.05, 4.69) is 15.5 Å². The smallest absolute Gasteiger partial charge is 0.278 e. The van der Waals surface area contributed by atoms with Crippen LogP contribution in [0.4, 0.5) is 11.4 Å². The Morgan fingerprint density at radius 3 is 2.85 bits per heavy atom. The number of methoxy groups -OCH3 is 1. The molecular formula is C14H18N4O2. The van der Waals surface area contributed by atoms with Gasteiger partial charge in [0.25, 0.3) is 5.91 Å². The van der Waals surface area contributed by atoms with Crippen molar-refractivity contribution in [2.24, 2.45) is 0 Å². The van der Waals surface area contributed by atoms with E-state index in [0.717, 1.165) is 11.3 Å². The summed E-state index contributed by atoms with van der Waals surface area (Å²) in [5.74, 6) is 0.233. The number of H-pyrrole nitrogens is 1. The topological polar surface area (TPSA) is 93.0 Å². The average Bonchev–Trinajstić information content (AvgIpc) is 2.80. The highest BCUT2D eigenvalue weighted by Crippen LogP contribution is 2.26. The van der Waals surface area contributed by atoms with Crippen LogP contribution in [0.5, 0.6) is 5.75 Å². The molecule has 0 saturated carbocycles. The van der Waals surface area contributed by atoms with E-state index < -0.39 is 0 Å². The molecule has 6 heteroatoms. The van der Waals surface area contributed by atoms with Crippen molar-refractivity contribution < 1.29 is 9.53 Å². The monoisotopic (exact) mass is 274 g/mol. The van der Waals surface area contributed by atoms with Gasteiger partial charge in [0.05, 0.1) is 24.2 Å². The van der Waals surface area contributed by atoms with E-state index in [4.69, 9.17) is 10.5 Å². The fourth-order valence-electron chi connectivity index (χ4n) is 1.93. The molecule has 0 spiro atoms. The van der Waals surface area contributed by atoms with Gasteiger partial charge in [0, 0.05) is 0 Å².